The van der Waals surface area contributed by atoms with E-state index in [1.54, 1.807) is 42.5 Å². The molecule has 5 nitrogen and oxygen atoms in total. The number of carbonyl (C=O) groups is 2. The van der Waals surface area contributed by atoms with Crippen LogP contribution in [-0.4, -0.2) is 18.5 Å². The Morgan fingerprint density at radius 3 is 2.32 bits per heavy atom. The van der Waals surface area contributed by atoms with Gasteiger partial charge in [0, 0.05) is 11.1 Å². The predicted octanol–water partition coefficient (Wildman–Crippen LogP) is 5.77. The standard InChI is InChI=1S/C24H19Cl2NO4/c25-19-10-5-18(6-11-19)15-30-20-12-7-17(8-13-20)9-14-24(29)31-16-23(28)27-22-4-2-1-3-21(22)26/h1-14H,15-16H2,(H,27,28). The highest BCUT2D eigenvalue weighted by molar-refractivity contribution is 6.33. The number of anilines is 1. The van der Waals surface area contributed by atoms with E-state index in [9.17, 15) is 9.59 Å². The summed E-state index contributed by atoms with van der Waals surface area (Å²) in [6, 6.07) is 21.5. The van der Waals surface area contributed by atoms with E-state index < -0.39 is 18.5 Å². The molecule has 3 aromatic carbocycles. The van der Waals surface area contributed by atoms with Crippen molar-refractivity contribution in [3.05, 3.63) is 100 Å². The van der Waals surface area contributed by atoms with Gasteiger partial charge in [-0.05, 0) is 53.6 Å². The summed E-state index contributed by atoms with van der Waals surface area (Å²) in [5.74, 6) is -0.402. The maximum atomic E-state index is 11.9. The summed E-state index contributed by atoms with van der Waals surface area (Å²) in [6.45, 7) is 0.0147. The number of para-hydroxylation sites is 1. The Hall–Kier alpha value is -3.28. The van der Waals surface area contributed by atoms with Crippen molar-refractivity contribution in [2.24, 2.45) is 0 Å². The summed E-state index contributed by atoms with van der Waals surface area (Å²) in [4.78, 5) is 23.7. The molecule has 1 amide bonds. The van der Waals surface area contributed by atoms with Gasteiger partial charge in [0.1, 0.15) is 12.4 Å². The number of nitrogens with one attached hydrogen (secondary N) is 1. The van der Waals surface area contributed by atoms with E-state index in [2.05, 4.69) is 5.32 Å². The van der Waals surface area contributed by atoms with Crippen molar-refractivity contribution < 1.29 is 19.1 Å². The molecule has 0 fully saturated rings. The number of carbonyl (C=O) groups excluding carboxylic acids is 2. The maximum Gasteiger partial charge on any atom is 0.331 e. The second-order valence-electron chi connectivity index (χ2n) is 6.45. The third-order valence-corrected chi connectivity index (χ3v) is 4.69. The Balaban J connectivity index is 1.43. The van der Waals surface area contributed by atoms with Crippen LogP contribution in [0, 0.1) is 0 Å². The Morgan fingerprint density at radius 2 is 1.61 bits per heavy atom. The molecule has 0 saturated carbocycles. The normalized spacial score (nSPS) is 10.6. The first-order valence-electron chi connectivity index (χ1n) is 9.36. The molecule has 158 valence electrons. The largest absolute Gasteiger partial charge is 0.489 e. The van der Waals surface area contributed by atoms with Crippen LogP contribution in [0.4, 0.5) is 5.69 Å². The van der Waals surface area contributed by atoms with Gasteiger partial charge < -0.3 is 14.8 Å². The molecular weight excluding hydrogens is 437 g/mol. The van der Waals surface area contributed by atoms with Crippen LogP contribution < -0.4 is 10.1 Å². The first kappa shape index (κ1) is 22.4. The molecule has 0 aromatic heterocycles. The van der Waals surface area contributed by atoms with Gasteiger partial charge in [0.15, 0.2) is 6.61 Å². The Bertz CT molecular complexity index is 1060. The van der Waals surface area contributed by atoms with Gasteiger partial charge in [0.2, 0.25) is 0 Å². The fourth-order valence-electron chi connectivity index (χ4n) is 2.52. The van der Waals surface area contributed by atoms with Crippen LogP contribution in [0.5, 0.6) is 5.75 Å². The zero-order valence-electron chi connectivity index (χ0n) is 16.4. The molecule has 0 bridgehead atoms. The molecule has 0 saturated heterocycles. The highest BCUT2D eigenvalue weighted by Gasteiger charge is 2.07. The molecule has 0 aliphatic carbocycles. The maximum absolute atomic E-state index is 11.9. The van der Waals surface area contributed by atoms with E-state index in [1.165, 1.54) is 6.08 Å². The lowest BCUT2D eigenvalue weighted by atomic mass is 10.2. The van der Waals surface area contributed by atoms with Crippen molar-refractivity contribution in [3.8, 4) is 5.75 Å². The Labute approximate surface area is 190 Å². The van der Waals surface area contributed by atoms with Crippen molar-refractivity contribution >= 4 is 46.8 Å². The number of benzene rings is 3. The summed E-state index contributed by atoms with van der Waals surface area (Å²) >= 11 is 11.8. The predicted molar refractivity (Wildman–Crippen MR) is 122 cm³/mol. The second kappa shape index (κ2) is 11.2. The third-order valence-electron chi connectivity index (χ3n) is 4.10. The summed E-state index contributed by atoms with van der Waals surface area (Å²) in [5.41, 5.74) is 2.25. The number of esters is 1. The van der Waals surface area contributed by atoms with Crippen LogP contribution >= 0.6 is 23.2 Å². The van der Waals surface area contributed by atoms with Crippen molar-refractivity contribution in [1.82, 2.24) is 0 Å². The zero-order chi connectivity index (χ0) is 22.1. The summed E-state index contributed by atoms with van der Waals surface area (Å²) < 4.78 is 10.7. The molecule has 0 spiro atoms. The topological polar surface area (TPSA) is 64.6 Å². The van der Waals surface area contributed by atoms with Gasteiger partial charge >= 0.3 is 5.97 Å². The molecule has 3 rings (SSSR count). The van der Waals surface area contributed by atoms with Gasteiger partial charge in [0.25, 0.3) is 5.91 Å². The number of hydrogen-bond donors (Lipinski definition) is 1. The van der Waals surface area contributed by atoms with Crippen molar-refractivity contribution in [2.45, 2.75) is 6.61 Å². The highest BCUT2D eigenvalue weighted by atomic mass is 35.5. The number of amides is 1. The van der Waals surface area contributed by atoms with Gasteiger partial charge in [0.05, 0.1) is 10.7 Å². The van der Waals surface area contributed by atoms with Crippen LogP contribution in [0.25, 0.3) is 6.08 Å². The van der Waals surface area contributed by atoms with Crippen molar-refractivity contribution in [3.63, 3.8) is 0 Å². The van der Waals surface area contributed by atoms with Crippen LogP contribution in [0.15, 0.2) is 78.9 Å². The number of halogens is 2. The van der Waals surface area contributed by atoms with Crippen molar-refractivity contribution in [2.75, 3.05) is 11.9 Å². The minimum Gasteiger partial charge on any atom is -0.489 e. The van der Waals surface area contributed by atoms with E-state index in [0.717, 1.165) is 11.1 Å². The minimum absolute atomic E-state index is 0.405. The van der Waals surface area contributed by atoms with E-state index in [0.29, 0.717) is 28.1 Å². The SMILES string of the molecule is O=C(COC(=O)C=Cc1ccc(OCc2ccc(Cl)cc2)cc1)Nc1ccccc1Cl. The zero-order valence-corrected chi connectivity index (χ0v) is 17.9. The van der Waals surface area contributed by atoms with E-state index >= 15 is 0 Å². The van der Waals surface area contributed by atoms with E-state index in [4.69, 9.17) is 32.7 Å². The molecule has 3 aromatic rings. The fraction of sp³-hybridized carbons (Fsp3) is 0.0833. The van der Waals surface area contributed by atoms with Gasteiger partial charge in [-0.15, -0.1) is 0 Å². The van der Waals surface area contributed by atoms with Crippen LogP contribution in [0.2, 0.25) is 10.0 Å². The van der Waals surface area contributed by atoms with Crippen LogP contribution in [0.1, 0.15) is 11.1 Å². The first-order valence-corrected chi connectivity index (χ1v) is 10.1. The van der Waals surface area contributed by atoms with Gasteiger partial charge in [-0.3, -0.25) is 4.79 Å². The summed E-state index contributed by atoms with van der Waals surface area (Å²) in [5, 5.41) is 3.66. The minimum atomic E-state index is -0.627. The quantitative estimate of drug-likeness (QED) is 0.346. The molecule has 0 unspecified atom stereocenters. The Morgan fingerprint density at radius 1 is 0.903 bits per heavy atom. The Kier molecular flexibility index (Phi) is 8.10. The average Bonchev–Trinajstić information content (AvgIpc) is 2.78. The molecule has 31 heavy (non-hydrogen) atoms. The fourth-order valence-corrected chi connectivity index (χ4v) is 2.83. The number of ether oxygens (including phenoxy) is 2. The van der Waals surface area contributed by atoms with E-state index in [-0.39, 0.29) is 0 Å². The lowest BCUT2D eigenvalue weighted by Gasteiger charge is -2.07. The molecular formula is C24H19Cl2NO4. The molecule has 0 radical (unpaired) electrons. The second-order valence-corrected chi connectivity index (χ2v) is 7.30. The van der Waals surface area contributed by atoms with Crippen LogP contribution in [-0.2, 0) is 20.9 Å². The summed E-state index contributed by atoms with van der Waals surface area (Å²) in [7, 11) is 0. The molecule has 0 aliphatic rings. The molecule has 0 heterocycles. The smallest absolute Gasteiger partial charge is 0.331 e. The van der Waals surface area contributed by atoms with Crippen LogP contribution in [0.3, 0.4) is 0 Å². The third kappa shape index (κ3) is 7.48. The monoisotopic (exact) mass is 455 g/mol. The van der Waals surface area contributed by atoms with Gasteiger partial charge in [-0.1, -0.05) is 59.6 Å². The van der Waals surface area contributed by atoms with Gasteiger partial charge in [-0.2, -0.15) is 0 Å². The van der Waals surface area contributed by atoms with E-state index in [1.807, 2.05) is 36.4 Å². The van der Waals surface area contributed by atoms with Gasteiger partial charge in [-0.25, -0.2) is 4.79 Å². The summed E-state index contributed by atoms with van der Waals surface area (Å²) in [6.07, 6.45) is 2.85. The number of hydrogen-bond acceptors (Lipinski definition) is 4. The lowest BCUT2D eigenvalue weighted by Crippen LogP contribution is -2.20. The van der Waals surface area contributed by atoms with Crippen molar-refractivity contribution in [1.29, 1.82) is 0 Å². The highest BCUT2D eigenvalue weighted by Crippen LogP contribution is 2.20. The first-order chi connectivity index (χ1) is 15.0. The lowest BCUT2D eigenvalue weighted by molar-refractivity contribution is -0.142. The molecule has 1 N–H and O–H groups in total. The number of rotatable bonds is 8. The average molecular weight is 456 g/mol. The molecule has 7 heteroatoms. The molecule has 0 aliphatic heterocycles. The molecule has 0 atom stereocenters.